The quantitative estimate of drug-likeness (QED) is 0.646. The maximum Gasteiger partial charge on any atom is 0.220 e. The van der Waals surface area contributed by atoms with Crippen LogP contribution >= 0.6 is 0 Å². The lowest BCUT2D eigenvalue weighted by Gasteiger charge is -2.33. The molecule has 1 aliphatic rings. The van der Waals surface area contributed by atoms with E-state index in [2.05, 4.69) is 51.6 Å². The summed E-state index contributed by atoms with van der Waals surface area (Å²) in [7, 11) is 0. The standard InChI is InChI=1S/C22H32N4O/c1-2-3-4-5-6-22(27)23-15-18-11-13-26(14-12-18)21-9-7-19(8-10-21)20-16-24-25-17-20/h7-10,16-18H,2-6,11-15H2,1H3,(H,23,27)(H,24,25). The molecule has 1 aliphatic heterocycles. The maximum atomic E-state index is 11.9. The fraction of sp³-hybridized carbons (Fsp3) is 0.545. The number of rotatable bonds is 9. The number of anilines is 1. The van der Waals surface area contributed by atoms with Crippen LogP contribution in [0.15, 0.2) is 36.7 Å². The van der Waals surface area contributed by atoms with Gasteiger partial charge in [0.05, 0.1) is 6.20 Å². The number of carbonyl (C=O) groups is 1. The Bertz CT molecular complexity index is 673. The molecule has 0 unspecified atom stereocenters. The Morgan fingerprint density at radius 1 is 1.15 bits per heavy atom. The first kappa shape index (κ1) is 19.5. The van der Waals surface area contributed by atoms with Gasteiger partial charge in [-0.2, -0.15) is 5.10 Å². The summed E-state index contributed by atoms with van der Waals surface area (Å²) in [6, 6.07) is 8.71. The molecule has 1 saturated heterocycles. The van der Waals surface area contributed by atoms with E-state index >= 15 is 0 Å². The smallest absolute Gasteiger partial charge is 0.220 e. The van der Waals surface area contributed by atoms with E-state index in [1.807, 2.05) is 12.4 Å². The van der Waals surface area contributed by atoms with Crippen molar-refractivity contribution in [3.8, 4) is 11.1 Å². The Kier molecular flexibility index (Phi) is 7.31. The summed E-state index contributed by atoms with van der Waals surface area (Å²) < 4.78 is 0. The van der Waals surface area contributed by atoms with Gasteiger partial charge in [-0.25, -0.2) is 0 Å². The van der Waals surface area contributed by atoms with Crippen LogP contribution in [0.1, 0.15) is 51.9 Å². The van der Waals surface area contributed by atoms with E-state index in [9.17, 15) is 4.79 Å². The van der Waals surface area contributed by atoms with Crippen LogP contribution in [0.3, 0.4) is 0 Å². The zero-order chi connectivity index (χ0) is 18.9. The van der Waals surface area contributed by atoms with Gasteiger partial charge in [0.2, 0.25) is 5.91 Å². The monoisotopic (exact) mass is 368 g/mol. The molecule has 2 N–H and O–H groups in total. The minimum absolute atomic E-state index is 0.225. The third-order valence-corrected chi connectivity index (χ3v) is 5.52. The van der Waals surface area contributed by atoms with E-state index in [1.165, 1.54) is 30.5 Å². The van der Waals surface area contributed by atoms with E-state index < -0.39 is 0 Å². The van der Waals surface area contributed by atoms with Crippen LogP contribution < -0.4 is 10.2 Å². The van der Waals surface area contributed by atoms with Crippen LogP contribution in [0.5, 0.6) is 0 Å². The highest BCUT2D eigenvalue weighted by Crippen LogP contribution is 2.26. The van der Waals surface area contributed by atoms with Crippen LogP contribution in [0.25, 0.3) is 11.1 Å². The Morgan fingerprint density at radius 2 is 1.93 bits per heavy atom. The summed E-state index contributed by atoms with van der Waals surface area (Å²) in [5, 5.41) is 10.0. The van der Waals surface area contributed by atoms with E-state index in [1.54, 1.807) is 0 Å². The van der Waals surface area contributed by atoms with Gasteiger partial charge in [0, 0.05) is 43.5 Å². The number of H-pyrrole nitrogens is 1. The molecule has 5 heteroatoms. The second-order valence-electron chi connectivity index (χ2n) is 7.58. The molecular weight excluding hydrogens is 336 g/mol. The molecule has 1 amide bonds. The highest BCUT2D eigenvalue weighted by Gasteiger charge is 2.20. The lowest BCUT2D eigenvalue weighted by Crippen LogP contribution is -2.38. The highest BCUT2D eigenvalue weighted by molar-refractivity contribution is 5.75. The van der Waals surface area contributed by atoms with Crippen LogP contribution in [0.2, 0.25) is 0 Å². The van der Waals surface area contributed by atoms with Crippen molar-refractivity contribution in [2.75, 3.05) is 24.5 Å². The second kappa shape index (κ2) is 10.1. The Balaban J connectivity index is 1.38. The summed E-state index contributed by atoms with van der Waals surface area (Å²) in [6.45, 7) is 5.14. The number of hydrogen-bond acceptors (Lipinski definition) is 3. The minimum atomic E-state index is 0.225. The van der Waals surface area contributed by atoms with E-state index in [-0.39, 0.29) is 5.91 Å². The SMILES string of the molecule is CCCCCCC(=O)NCC1CCN(c2ccc(-c3cn[nH]c3)cc2)CC1. The van der Waals surface area contributed by atoms with Gasteiger partial charge in [-0.1, -0.05) is 38.3 Å². The lowest BCUT2D eigenvalue weighted by atomic mass is 9.96. The van der Waals surface area contributed by atoms with Crippen molar-refractivity contribution in [1.29, 1.82) is 0 Å². The predicted octanol–water partition coefficient (Wildman–Crippen LogP) is 4.38. The van der Waals surface area contributed by atoms with Crippen molar-refractivity contribution < 1.29 is 4.79 Å². The molecule has 27 heavy (non-hydrogen) atoms. The highest BCUT2D eigenvalue weighted by atomic mass is 16.1. The number of benzene rings is 1. The average Bonchev–Trinajstić information content (AvgIpc) is 3.25. The molecular formula is C22H32N4O. The maximum absolute atomic E-state index is 11.9. The van der Waals surface area contributed by atoms with Crippen molar-refractivity contribution in [3.63, 3.8) is 0 Å². The molecule has 1 aromatic carbocycles. The minimum Gasteiger partial charge on any atom is -0.372 e. The van der Waals surface area contributed by atoms with Gasteiger partial charge in [0.15, 0.2) is 0 Å². The molecule has 146 valence electrons. The number of unbranched alkanes of at least 4 members (excludes halogenated alkanes) is 3. The second-order valence-corrected chi connectivity index (χ2v) is 7.58. The molecule has 0 radical (unpaired) electrons. The number of nitrogens with zero attached hydrogens (tertiary/aromatic N) is 2. The Morgan fingerprint density at radius 3 is 2.59 bits per heavy atom. The van der Waals surface area contributed by atoms with Crippen molar-refractivity contribution in [1.82, 2.24) is 15.5 Å². The molecule has 0 bridgehead atoms. The summed E-state index contributed by atoms with van der Waals surface area (Å²) in [4.78, 5) is 14.4. The number of carbonyl (C=O) groups excluding carboxylic acids is 1. The Hall–Kier alpha value is -2.30. The van der Waals surface area contributed by atoms with E-state index in [0.29, 0.717) is 12.3 Å². The van der Waals surface area contributed by atoms with Gasteiger partial charge in [0.25, 0.3) is 0 Å². The predicted molar refractivity (Wildman–Crippen MR) is 111 cm³/mol. The normalized spacial score (nSPS) is 15.1. The zero-order valence-corrected chi connectivity index (χ0v) is 16.4. The molecule has 0 atom stereocenters. The zero-order valence-electron chi connectivity index (χ0n) is 16.4. The number of amides is 1. The van der Waals surface area contributed by atoms with Crippen LogP contribution in [-0.4, -0.2) is 35.7 Å². The third kappa shape index (κ3) is 5.84. The largest absolute Gasteiger partial charge is 0.372 e. The molecule has 1 fully saturated rings. The molecule has 0 saturated carbocycles. The number of piperidine rings is 1. The summed E-state index contributed by atoms with van der Waals surface area (Å²) in [6.07, 6.45) is 11.4. The Labute approximate surface area is 162 Å². The van der Waals surface area contributed by atoms with Crippen LogP contribution in [0.4, 0.5) is 5.69 Å². The molecule has 2 aromatic rings. The first-order chi connectivity index (χ1) is 13.3. The van der Waals surface area contributed by atoms with Gasteiger partial charge < -0.3 is 10.2 Å². The first-order valence-corrected chi connectivity index (χ1v) is 10.4. The topological polar surface area (TPSA) is 61.0 Å². The molecule has 5 nitrogen and oxygen atoms in total. The fourth-order valence-corrected chi connectivity index (χ4v) is 3.73. The molecule has 3 rings (SSSR count). The molecule has 2 heterocycles. The van der Waals surface area contributed by atoms with Gasteiger partial charge in [-0.05, 0) is 42.9 Å². The summed E-state index contributed by atoms with van der Waals surface area (Å²) in [5.74, 6) is 0.828. The van der Waals surface area contributed by atoms with Crippen LogP contribution in [-0.2, 0) is 4.79 Å². The van der Waals surface area contributed by atoms with Crippen molar-refractivity contribution >= 4 is 11.6 Å². The lowest BCUT2D eigenvalue weighted by molar-refractivity contribution is -0.121. The molecule has 0 spiro atoms. The molecule has 1 aromatic heterocycles. The van der Waals surface area contributed by atoms with Gasteiger partial charge in [-0.3, -0.25) is 9.89 Å². The van der Waals surface area contributed by atoms with Crippen molar-refractivity contribution in [2.24, 2.45) is 5.92 Å². The van der Waals surface area contributed by atoms with E-state index in [4.69, 9.17) is 0 Å². The fourth-order valence-electron chi connectivity index (χ4n) is 3.73. The summed E-state index contributed by atoms with van der Waals surface area (Å²) in [5.41, 5.74) is 3.58. The van der Waals surface area contributed by atoms with Gasteiger partial charge >= 0.3 is 0 Å². The first-order valence-electron chi connectivity index (χ1n) is 10.4. The van der Waals surface area contributed by atoms with Gasteiger partial charge in [-0.15, -0.1) is 0 Å². The van der Waals surface area contributed by atoms with Crippen molar-refractivity contribution in [2.45, 2.75) is 51.9 Å². The van der Waals surface area contributed by atoms with Crippen LogP contribution in [0, 0.1) is 5.92 Å². The van der Waals surface area contributed by atoms with Crippen molar-refractivity contribution in [3.05, 3.63) is 36.7 Å². The average molecular weight is 369 g/mol. The number of nitrogens with one attached hydrogen (secondary N) is 2. The number of aromatic nitrogens is 2. The number of aromatic amines is 1. The third-order valence-electron chi connectivity index (χ3n) is 5.52. The molecule has 0 aliphatic carbocycles. The summed E-state index contributed by atoms with van der Waals surface area (Å²) >= 11 is 0. The number of hydrogen-bond donors (Lipinski definition) is 2. The van der Waals surface area contributed by atoms with Gasteiger partial charge in [0.1, 0.15) is 0 Å². The van der Waals surface area contributed by atoms with E-state index in [0.717, 1.165) is 44.5 Å².